The number of fused-ring (bicyclic) bond motifs is 1. The van der Waals surface area contributed by atoms with Gasteiger partial charge in [-0.25, -0.2) is 4.79 Å². The molecule has 0 aliphatic heterocycles. The number of H-pyrrole nitrogens is 1. The summed E-state index contributed by atoms with van der Waals surface area (Å²) in [5, 5.41) is 0.662. The van der Waals surface area contributed by atoms with Crippen molar-refractivity contribution >= 4 is 29.4 Å². The van der Waals surface area contributed by atoms with E-state index in [1.807, 2.05) is 18.2 Å². The van der Waals surface area contributed by atoms with Crippen molar-refractivity contribution in [1.29, 1.82) is 0 Å². The van der Waals surface area contributed by atoms with Crippen LogP contribution in [0.3, 0.4) is 0 Å². The minimum absolute atomic E-state index is 0.0319. The van der Waals surface area contributed by atoms with Crippen molar-refractivity contribution in [3.8, 4) is 0 Å². The Hall–Kier alpha value is -2.33. The van der Waals surface area contributed by atoms with Gasteiger partial charge in [-0.3, -0.25) is 4.79 Å². The number of rotatable bonds is 3. The Bertz CT molecular complexity index is 831. The van der Waals surface area contributed by atoms with E-state index < -0.39 is 5.97 Å². The number of benzene rings is 1. The van der Waals surface area contributed by atoms with Crippen LogP contribution in [0.5, 0.6) is 0 Å². The first-order valence-electron chi connectivity index (χ1n) is 7.90. The Morgan fingerprint density at radius 3 is 2.67 bits per heavy atom. The molecule has 0 unspecified atom stereocenters. The highest BCUT2D eigenvalue weighted by Gasteiger charge is 2.29. The van der Waals surface area contributed by atoms with Crippen molar-refractivity contribution in [2.45, 2.75) is 26.7 Å². The number of carbonyl (C=O) groups excluding carboxylic acids is 2. The molecule has 1 heterocycles. The number of ketones is 1. The van der Waals surface area contributed by atoms with Crippen LogP contribution in [0.15, 0.2) is 29.8 Å². The lowest BCUT2D eigenvalue weighted by Gasteiger charge is -2.14. The van der Waals surface area contributed by atoms with Crippen LogP contribution in [-0.2, 0) is 11.2 Å². The summed E-state index contributed by atoms with van der Waals surface area (Å²) >= 11 is 5.89. The van der Waals surface area contributed by atoms with E-state index in [1.165, 1.54) is 0 Å². The molecule has 4 nitrogen and oxygen atoms in total. The van der Waals surface area contributed by atoms with E-state index in [-0.39, 0.29) is 5.78 Å². The summed E-state index contributed by atoms with van der Waals surface area (Å²) in [4.78, 5) is 27.9. The van der Waals surface area contributed by atoms with E-state index in [0.29, 0.717) is 41.3 Å². The molecule has 1 N–H and O–H groups in total. The number of hydrogen-bond donors (Lipinski definition) is 1. The summed E-state index contributed by atoms with van der Waals surface area (Å²) < 4.78 is 5.05. The fourth-order valence-electron chi connectivity index (χ4n) is 2.99. The molecule has 0 atom stereocenters. The fraction of sp³-hybridized carbons (Fsp3) is 0.263. The topological polar surface area (TPSA) is 59.2 Å². The highest BCUT2D eigenvalue weighted by Crippen LogP contribution is 2.31. The first-order chi connectivity index (χ1) is 11.5. The third kappa shape index (κ3) is 3.02. The van der Waals surface area contributed by atoms with Crippen LogP contribution in [0, 0.1) is 6.92 Å². The van der Waals surface area contributed by atoms with Gasteiger partial charge in [0.25, 0.3) is 0 Å². The monoisotopic (exact) mass is 343 g/mol. The van der Waals surface area contributed by atoms with Gasteiger partial charge in [-0.1, -0.05) is 23.7 Å². The highest BCUT2D eigenvalue weighted by molar-refractivity contribution is 6.30. The number of carbonyl (C=O) groups is 2. The number of allylic oxidation sites excluding steroid dienone is 1. The quantitative estimate of drug-likeness (QED) is 0.665. The number of hydrogen-bond acceptors (Lipinski definition) is 3. The number of ether oxygens (including phenoxy) is 1. The third-order valence-corrected chi connectivity index (χ3v) is 4.43. The molecule has 1 aliphatic carbocycles. The Labute approximate surface area is 145 Å². The van der Waals surface area contributed by atoms with Crippen LogP contribution in [0.4, 0.5) is 0 Å². The highest BCUT2D eigenvalue weighted by atomic mass is 35.5. The van der Waals surface area contributed by atoms with Gasteiger partial charge in [0, 0.05) is 21.9 Å². The predicted octanol–water partition coefficient (Wildman–Crippen LogP) is 4.37. The summed E-state index contributed by atoms with van der Waals surface area (Å²) in [5.74, 6) is -0.448. The standard InChI is InChI=1S/C19H18ClNO3/c1-3-24-19(23)17-11(2)16-15(21-17)9-6-13(18(16)22)10-12-4-7-14(20)8-5-12/h4-5,7-8,10,21H,3,6,9H2,1-2H3/b13-10-. The van der Waals surface area contributed by atoms with Crippen molar-refractivity contribution in [3.05, 3.63) is 62.9 Å². The fourth-order valence-corrected chi connectivity index (χ4v) is 3.12. The molecule has 0 fully saturated rings. The van der Waals surface area contributed by atoms with Gasteiger partial charge in [0.15, 0.2) is 5.78 Å². The van der Waals surface area contributed by atoms with Gasteiger partial charge in [-0.2, -0.15) is 0 Å². The SMILES string of the molecule is CCOC(=O)c1[nH]c2c(c1C)C(=O)/C(=C\c1ccc(Cl)cc1)CC2. The second-order valence-corrected chi connectivity index (χ2v) is 6.19. The smallest absolute Gasteiger partial charge is 0.355 e. The first-order valence-corrected chi connectivity index (χ1v) is 8.28. The molecule has 0 saturated carbocycles. The molecule has 0 bridgehead atoms. The number of halogens is 1. The molecule has 1 aromatic heterocycles. The molecular weight excluding hydrogens is 326 g/mol. The van der Waals surface area contributed by atoms with Crippen LogP contribution >= 0.6 is 11.6 Å². The Morgan fingerprint density at radius 1 is 1.29 bits per heavy atom. The van der Waals surface area contributed by atoms with Gasteiger partial charge in [-0.15, -0.1) is 0 Å². The molecule has 1 aromatic carbocycles. The Balaban J connectivity index is 1.95. The lowest BCUT2D eigenvalue weighted by atomic mass is 9.88. The van der Waals surface area contributed by atoms with Crippen molar-refractivity contribution in [1.82, 2.24) is 4.98 Å². The van der Waals surface area contributed by atoms with Crippen LogP contribution in [0.2, 0.25) is 5.02 Å². The van der Waals surface area contributed by atoms with Crippen LogP contribution < -0.4 is 0 Å². The zero-order valence-electron chi connectivity index (χ0n) is 13.6. The van der Waals surface area contributed by atoms with Gasteiger partial charge in [0.2, 0.25) is 0 Å². The summed E-state index contributed by atoms with van der Waals surface area (Å²) in [6.07, 6.45) is 3.22. The second-order valence-electron chi connectivity index (χ2n) is 5.75. The van der Waals surface area contributed by atoms with Crippen LogP contribution in [0.1, 0.15) is 51.0 Å². The van der Waals surface area contributed by atoms with E-state index in [1.54, 1.807) is 26.0 Å². The van der Waals surface area contributed by atoms with Gasteiger partial charge in [-0.05, 0) is 56.0 Å². The molecule has 2 aromatic rings. The zero-order chi connectivity index (χ0) is 17.3. The van der Waals surface area contributed by atoms with Gasteiger partial charge in [0.05, 0.1) is 6.61 Å². The van der Waals surface area contributed by atoms with Gasteiger partial charge >= 0.3 is 5.97 Å². The number of nitrogens with one attached hydrogen (secondary N) is 1. The summed E-state index contributed by atoms with van der Waals surface area (Å²) in [6.45, 7) is 3.84. The normalized spacial score (nSPS) is 15.5. The lowest BCUT2D eigenvalue weighted by Crippen LogP contribution is -2.14. The van der Waals surface area contributed by atoms with E-state index in [0.717, 1.165) is 16.8 Å². The molecule has 24 heavy (non-hydrogen) atoms. The summed E-state index contributed by atoms with van der Waals surface area (Å²) in [7, 11) is 0. The molecule has 0 radical (unpaired) electrons. The van der Waals surface area contributed by atoms with E-state index in [9.17, 15) is 9.59 Å². The lowest BCUT2D eigenvalue weighted by molar-refractivity contribution is 0.0519. The average molecular weight is 344 g/mol. The molecule has 1 aliphatic rings. The maximum atomic E-state index is 12.8. The first kappa shape index (κ1) is 16.5. The molecule has 0 amide bonds. The van der Waals surface area contributed by atoms with E-state index >= 15 is 0 Å². The Kier molecular flexibility index (Phi) is 4.58. The number of aromatic nitrogens is 1. The number of aryl methyl sites for hydroxylation is 1. The van der Waals surface area contributed by atoms with Crippen LogP contribution in [-0.4, -0.2) is 23.3 Å². The van der Waals surface area contributed by atoms with Crippen molar-refractivity contribution in [3.63, 3.8) is 0 Å². The summed E-state index contributed by atoms with van der Waals surface area (Å²) in [6, 6.07) is 7.36. The predicted molar refractivity (Wildman–Crippen MR) is 93.6 cm³/mol. The summed E-state index contributed by atoms with van der Waals surface area (Å²) in [5.41, 5.74) is 4.13. The van der Waals surface area contributed by atoms with E-state index in [2.05, 4.69) is 4.98 Å². The van der Waals surface area contributed by atoms with Crippen molar-refractivity contribution < 1.29 is 14.3 Å². The maximum Gasteiger partial charge on any atom is 0.355 e. The molecular formula is C19H18ClNO3. The van der Waals surface area contributed by atoms with Gasteiger partial charge < -0.3 is 9.72 Å². The minimum atomic E-state index is -0.416. The third-order valence-electron chi connectivity index (χ3n) is 4.18. The van der Waals surface area contributed by atoms with Crippen molar-refractivity contribution in [2.75, 3.05) is 6.61 Å². The number of Topliss-reactive ketones (excluding diaryl/α,β-unsaturated/α-hetero) is 1. The molecule has 124 valence electrons. The largest absolute Gasteiger partial charge is 0.461 e. The van der Waals surface area contributed by atoms with Crippen LogP contribution in [0.25, 0.3) is 6.08 Å². The minimum Gasteiger partial charge on any atom is -0.461 e. The second kappa shape index (κ2) is 6.65. The zero-order valence-corrected chi connectivity index (χ0v) is 14.4. The maximum absolute atomic E-state index is 12.8. The van der Waals surface area contributed by atoms with Crippen molar-refractivity contribution in [2.24, 2.45) is 0 Å². The van der Waals surface area contributed by atoms with Gasteiger partial charge in [0.1, 0.15) is 5.69 Å². The molecule has 5 heteroatoms. The number of aromatic amines is 1. The Morgan fingerprint density at radius 2 is 2.00 bits per heavy atom. The number of esters is 1. The average Bonchev–Trinajstić information content (AvgIpc) is 2.90. The molecule has 0 saturated heterocycles. The molecule has 0 spiro atoms. The van der Waals surface area contributed by atoms with E-state index in [4.69, 9.17) is 16.3 Å². The molecule has 3 rings (SSSR count).